The second-order valence-corrected chi connectivity index (χ2v) is 3.24. The van der Waals surface area contributed by atoms with Crippen LogP contribution in [0.3, 0.4) is 0 Å². The van der Waals surface area contributed by atoms with E-state index in [0.29, 0.717) is 6.04 Å². The highest BCUT2D eigenvalue weighted by Gasteiger charge is 2.18. The zero-order valence-corrected chi connectivity index (χ0v) is 7.86. The zero-order valence-electron chi connectivity index (χ0n) is 7.86. The van der Waals surface area contributed by atoms with Gasteiger partial charge in [-0.2, -0.15) is 10.2 Å². The molecule has 1 aliphatic rings. The number of para-hydroxylation sites is 1. The molecule has 0 bridgehead atoms. The number of nitrogens with zero attached hydrogens (tertiary/aromatic N) is 2. The molecule has 0 radical (unpaired) electrons. The van der Waals surface area contributed by atoms with Crippen molar-refractivity contribution in [3.8, 4) is 0 Å². The van der Waals surface area contributed by atoms with Crippen molar-refractivity contribution < 1.29 is 0 Å². The van der Waals surface area contributed by atoms with Gasteiger partial charge in [0.05, 0.1) is 17.4 Å². The highest BCUT2D eigenvalue weighted by molar-refractivity contribution is 5.89. The van der Waals surface area contributed by atoms with Gasteiger partial charge in [0, 0.05) is 0 Å². The minimum atomic E-state index is 0.334. The van der Waals surface area contributed by atoms with E-state index in [4.69, 9.17) is 0 Å². The minimum absolute atomic E-state index is 0.334. The third-order valence-corrected chi connectivity index (χ3v) is 2.20. The van der Waals surface area contributed by atoms with Crippen LogP contribution in [0.25, 0.3) is 0 Å². The molecule has 2 rings (SSSR count). The average Bonchev–Trinajstić information content (AvgIpc) is 2.49. The van der Waals surface area contributed by atoms with E-state index in [1.165, 1.54) is 0 Å². The van der Waals surface area contributed by atoms with Crippen LogP contribution in [0.15, 0.2) is 35.4 Å². The number of nitrogens with one attached hydrogen (secondary N) is 1. The molecule has 1 aromatic rings. The fourth-order valence-electron chi connectivity index (χ4n) is 1.25. The summed E-state index contributed by atoms with van der Waals surface area (Å²) in [6.45, 7) is 4.13. The number of rotatable bonds is 1. The number of hydrogen-bond donors (Lipinski definition) is 1. The predicted octanol–water partition coefficient (Wildman–Crippen LogP) is 1.78. The summed E-state index contributed by atoms with van der Waals surface area (Å²) in [6, 6.07) is 10.4. The first-order chi connectivity index (χ1) is 6.27. The van der Waals surface area contributed by atoms with Gasteiger partial charge >= 0.3 is 0 Å². The first kappa shape index (κ1) is 8.26. The number of hydrazone groups is 1. The average molecular weight is 175 g/mol. The maximum atomic E-state index is 4.38. The summed E-state index contributed by atoms with van der Waals surface area (Å²) in [6.07, 6.45) is 0. The number of hydrogen-bond acceptors (Lipinski definition) is 3. The van der Waals surface area contributed by atoms with Crippen molar-refractivity contribution in [3.05, 3.63) is 30.3 Å². The Labute approximate surface area is 78.0 Å². The minimum Gasteiger partial charge on any atom is -0.204 e. The van der Waals surface area contributed by atoms with Crippen LogP contribution >= 0.6 is 0 Å². The van der Waals surface area contributed by atoms with Crippen molar-refractivity contribution in [1.82, 2.24) is 5.43 Å². The van der Waals surface area contributed by atoms with Crippen LogP contribution in [0, 0.1) is 0 Å². The highest BCUT2D eigenvalue weighted by atomic mass is 15.7. The zero-order chi connectivity index (χ0) is 9.26. The largest absolute Gasteiger partial charge is 0.204 e. The van der Waals surface area contributed by atoms with Gasteiger partial charge < -0.3 is 0 Å². The molecule has 0 saturated heterocycles. The third-order valence-electron chi connectivity index (χ3n) is 2.20. The van der Waals surface area contributed by atoms with E-state index in [1.807, 2.05) is 42.4 Å². The van der Waals surface area contributed by atoms with Gasteiger partial charge in [-0.1, -0.05) is 18.2 Å². The Hall–Kier alpha value is -1.35. The molecular weight excluding hydrogens is 162 g/mol. The van der Waals surface area contributed by atoms with E-state index in [2.05, 4.69) is 17.5 Å². The van der Waals surface area contributed by atoms with E-state index in [9.17, 15) is 0 Å². The van der Waals surface area contributed by atoms with Crippen molar-refractivity contribution in [2.45, 2.75) is 19.9 Å². The number of benzene rings is 1. The smallest absolute Gasteiger partial charge is 0.0779 e. The lowest BCUT2D eigenvalue weighted by atomic mass is 10.2. The van der Waals surface area contributed by atoms with Gasteiger partial charge in [-0.05, 0) is 26.0 Å². The Balaban J connectivity index is 2.22. The Morgan fingerprint density at radius 2 is 2.00 bits per heavy atom. The molecule has 1 unspecified atom stereocenters. The molecule has 1 aliphatic heterocycles. The molecule has 0 aromatic heterocycles. The van der Waals surface area contributed by atoms with Crippen LogP contribution in [-0.2, 0) is 0 Å². The van der Waals surface area contributed by atoms with Crippen molar-refractivity contribution in [3.63, 3.8) is 0 Å². The van der Waals surface area contributed by atoms with Gasteiger partial charge in [0.15, 0.2) is 0 Å². The summed E-state index contributed by atoms with van der Waals surface area (Å²) >= 11 is 0. The highest BCUT2D eigenvalue weighted by Crippen LogP contribution is 2.15. The SMILES string of the molecule is CC1=NN(c2ccccc2)NC1C. The van der Waals surface area contributed by atoms with Gasteiger partial charge in [0.2, 0.25) is 0 Å². The Morgan fingerprint density at radius 3 is 2.54 bits per heavy atom. The van der Waals surface area contributed by atoms with Gasteiger partial charge in [0.25, 0.3) is 0 Å². The molecule has 1 atom stereocenters. The van der Waals surface area contributed by atoms with Crippen LogP contribution in [0.2, 0.25) is 0 Å². The first-order valence-corrected chi connectivity index (χ1v) is 4.44. The molecular formula is C10H13N3. The third kappa shape index (κ3) is 1.55. The normalized spacial score (nSPS) is 21.8. The molecule has 0 spiro atoms. The summed E-state index contributed by atoms with van der Waals surface area (Å²) in [5.41, 5.74) is 5.44. The predicted molar refractivity (Wildman–Crippen MR) is 54.6 cm³/mol. The monoisotopic (exact) mass is 175 g/mol. The molecule has 3 heteroatoms. The van der Waals surface area contributed by atoms with E-state index in [-0.39, 0.29) is 0 Å². The standard InChI is InChI=1S/C10H13N3/c1-8-9(2)12-13(11-8)10-6-4-3-5-7-10/h3-8,11H,1-2H3. The summed E-state index contributed by atoms with van der Waals surface area (Å²) in [5, 5.41) is 6.20. The van der Waals surface area contributed by atoms with E-state index in [1.54, 1.807) is 0 Å². The van der Waals surface area contributed by atoms with Crippen molar-refractivity contribution >= 4 is 11.4 Å². The Bertz CT molecular complexity index is 318. The van der Waals surface area contributed by atoms with E-state index >= 15 is 0 Å². The topological polar surface area (TPSA) is 27.6 Å². The second-order valence-electron chi connectivity index (χ2n) is 3.24. The Morgan fingerprint density at radius 1 is 1.31 bits per heavy atom. The van der Waals surface area contributed by atoms with Crippen LogP contribution in [0.1, 0.15) is 13.8 Å². The lowest BCUT2D eigenvalue weighted by Gasteiger charge is -2.14. The number of anilines is 1. The fraction of sp³-hybridized carbons (Fsp3) is 0.300. The molecule has 68 valence electrons. The van der Waals surface area contributed by atoms with Crippen molar-refractivity contribution in [2.24, 2.45) is 5.10 Å². The van der Waals surface area contributed by atoms with Gasteiger partial charge in [0.1, 0.15) is 0 Å². The van der Waals surface area contributed by atoms with Crippen molar-refractivity contribution in [1.29, 1.82) is 0 Å². The maximum Gasteiger partial charge on any atom is 0.0779 e. The molecule has 13 heavy (non-hydrogen) atoms. The Kier molecular flexibility index (Phi) is 2.02. The molecule has 3 nitrogen and oxygen atoms in total. The van der Waals surface area contributed by atoms with Gasteiger partial charge in [-0.25, -0.2) is 5.43 Å². The summed E-state index contributed by atoms with van der Waals surface area (Å²) in [4.78, 5) is 0. The number of hydrazine groups is 1. The summed E-state index contributed by atoms with van der Waals surface area (Å²) < 4.78 is 0. The van der Waals surface area contributed by atoms with Crippen molar-refractivity contribution in [2.75, 3.05) is 5.12 Å². The lowest BCUT2D eigenvalue weighted by Crippen LogP contribution is -2.35. The lowest BCUT2D eigenvalue weighted by molar-refractivity contribution is 0.666. The first-order valence-electron chi connectivity index (χ1n) is 4.44. The van der Waals surface area contributed by atoms with Crippen LogP contribution in [-0.4, -0.2) is 11.8 Å². The van der Waals surface area contributed by atoms with Crippen LogP contribution in [0.5, 0.6) is 0 Å². The van der Waals surface area contributed by atoms with Gasteiger partial charge in [-0.3, -0.25) is 0 Å². The molecule has 1 N–H and O–H groups in total. The second kappa shape index (κ2) is 3.18. The molecule has 0 saturated carbocycles. The molecule has 0 aliphatic carbocycles. The molecule has 0 amide bonds. The molecule has 0 fully saturated rings. The van der Waals surface area contributed by atoms with E-state index < -0.39 is 0 Å². The fourth-order valence-corrected chi connectivity index (χ4v) is 1.25. The van der Waals surface area contributed by atoms with Gasteiger partial charge in [-0.15, -0.1) is 0 Å². The quantitative estimate of drug-likeness (QED) is 0.704. The summed E-state index contributed by atoms with van der Waals surface area (Å²) in [7, 11) is 0. The van der Waals surface area contributed by atoms with Crippen LogP contribution in [0.4, 0.5) is 5.69 Å². The maximum absolute atomic E-state index is 4.38. The van der Waals surface area contributed by atoms with E-state index in [0.717, 1.165) is 11.4 Å². The summed E-state index contributed by atoms with van der Waals surface area (Å²) in [5.74, 6) is 0. The van der Waals surface area contributed by atoms with Crippen LogP contribution < -0.4 is 10.5 Å². The molecule has 1 heterocycles. The molecule has 1 aromatic carbocycles.